The number of likely N-dealkylation sites (tertiary alicyclic amines) is 1. The van der Waals surface area contributed by atoms with E-state index in [1.54, 1.807) is 11.8 Å². The lowest BCUT2D eigenvalue weighted by Crippen LogP contribution is -2.31. The first-order valence-corrected chi connectivity index (χ1v) is 10.8. The molecule has 1 aliphatic heterocycles. The van der Waals surface area contributed by atoms with Crippen LogP contribution in [0.4, 0.5) is 15.8 Å². The molecule has 0 bridgehead atoms. The second-order valence-corrected chi connectivity index (χ2v) is 8.29. The predicted molar refractivity (Wildman–Crippen MR) is 125 cm³/mol. The van der Waals surface area contributed by atoms with Crippen molar-refractivity contribution in [2.45, 2.75) is 25.8 Å². The Morgan fingerprint density at radius 3 is 2.42 bits per heavy atom. The molecule has 4 rings (SSSR count). The molecule has 1 atom stereocenters. The van der Waals surface area contributed by atoms with Gasteiger partial charge in [0.2, 0.25) is 0 Å². The fourth-order valence-electron chi connectivity index (χ4n) is 3.95. The minimum absolute atomic E-state index is 0.0535. The lowest BCUT2D eigenvalue weighted by molar-refractivity contribution is 0.0729. The molecule has 7 nitrogen and oxygen atoms in total. The van der Waals surface area contributed by atoms with Crippen LogP contribution < -0.4 is 10.2 Å². The summed E-state index contributed by atoms with van der Waals surface area (Å²) < 4.78 is 13.1. The molecule has 33 heavy (non-hydrogen) atoms. The van der Waals surface area contributed by atoms with E-state index in [0.29, 0.717) is 34.9 Å². The van der Waals surface area contributed by atoms with Crippen LogP contribution in [-0.4, -0.2) is 47.3 Å². The summed E-state index contributed by atoms with van der Waals surface area (Å²) in [5, 5.41) is 2.72. The fraction of sp³-hybridized carbons (Fsp3) is 0.280. The summed E-state index contributed by atoms with van der Waals surface area (Å²) in [4.78, 5) is 38.6. The van der Waals surface area contributed by atoms with Gasteiger partial charge in [0.1, 0.15) is 5.82 Å². The molecular weight excluding hydrogens is 421 g/mol. The van der Waals surface area contributed by atoms with Gasteiger partial charge in [-0.15, -0.1) is 0 Å². The van der Waals surface area contributed by atoms with Gasteiger partial charge in [0.05, 0.1) is 17.3 Å². The molecule has 170 valence electrons. The van der Waals surface area contributed by atoms with Crippen molar-refractivity contribution < 1.29 is 14.0 Å². The van der Waals surface area contributed by atoms with Gasteiger partial charge < -0.3 is 15.1 Å². The molecule has 0 saturated carbocycles. The average Bonchev–Trinajstić information content (AvgIpc) is 3.30. The van der Waals surface area contributed by atoms with Gasteiger partial charge in [0, 0.05) is 43.8 Å². The summed E-state index contributed by atoms with van der Waals surface area (Å²) >= 11 is 0. The highest BCUT2D eigenvalue weighted by Gasteiger charge is 2.33. The molecule has 3 aromatic rings. The average molecular weight is 448 g/mol. The molecule has 0 spiro atoms. The zero-order chi connectivity index (χ0) is 23.5. The number of carbonyl (C=O) groups excluding carboxylic acids is 2. The van der Waals surface area contributed by atoms with Crippen molar-refractivity contribution >= 4 is 23.2 Å². The molecule has 0 aliphatic carbocycles. The second-order valence-electron chi connectivity index (χ2n) is 8.29. The SMILES string of the molecule is Cc1nc([C@H]2CCCN2C(=O)c2ccc(N(C)C)cc2)ncc1C(=O)Nc1ccc(F)cc1. The van der Waals surface area contributed by atoms with E-state index in [9.17, 15) is 14.0 Å². The van der Waals surface area contributed by atoms with Crippen LogP contribution in [0.15, 0.2) is 54.7 Å². The maximum absolute atomic E-state index is 13.2. The van der Waals surface area contributed by atoms with Crippen molar-refractivity contribution in [1.82, 2.24) is 14.9 Å². The van der Waals surface area contributed by atoms with Crippen molar-refractivity contribution in [3.8, 4) is 0 Å². The van der Waals surface area contributed by atoms with Crippen molar-refractivity contribution in [1.29, 1.82) is 0 Å². The Balaban J connectivity index is 1.50. The standard InChI is InChI=1S/C25H26FN5O2/c1-16-21(24(32)29-19-10-8-18(26)9-11-19)15-27-23(28-16)22-5-4-14-31(22)25(33)17-6-12-20(13-7-17)30(2)3/h6-13,15,22H,4-5,14H2,1-3H3,(H,29,32)/t22-/m1/s1. The Kier molecular flexibility index (Phi) is 6.35. The molecule has 2 heterocycles. The quantitative estimate of drug-likeness (QED) is 0.634. The first-order chi connectivity index (χ1) is 15.8. The zero-order valence-electron chi connectivity index (χ0n) is 18.9. The number of aromatic nitrogens is 2. The van der Waals surface area contributed by atoms with E-state index in [4.69, 9.17) is 0 Å². The molecule has 1 aromatic heterocycles. The molecule has 1 aliphatic rings. The smallest absolute Gasteiger partial charge is 0.259 e. The summed E-state index contributed by atoms with van der Waals surface area (Å²) in [7, 11) is 3.91. The van der Waals surface area contributed by atoms with E-state index < -0.39 is 0 Å². The summed E-state index contributed by atoms with van der Waals surface area (Å²) in [6.45, 7) is 2.37. The van der Waals surface area contributed by atoms with Gasteiger partial charge in [-0.3, -0.25) is 9.59 Å². The van der Waals surface area contributed by atoms with Crippen molar-refractivity contribution in [2.24, 2.45) is 0 Å². The fourth-order valence-corrected chi connectivity index (χ4v) is 3.95. The lowest BCUT2D eigenvalue weighted by atomic mass is 10.1. The van der Waals surface area contributed by atoms with Crippen LogP contribution in [0, 0.1) is 12.7 Å². The Bertz CT molecular complexity index is 1160. The van der Waals surface area contributed by atoms with Crippen molar-refractivity contribution in [2.75, 3.05) is 30.9 Å². The topological polar surface area (TPSA) is 78.4 Å². The van der Waals surface area contributed by atoms with Crippen LogP contribution in [0.3, 0.4) is 0 Å². The molecule has 0 unspecified atom stereocenters. The van der Waals surface area contributed by atoms with E-state index in [2.05, 4.69) is 15.3 Å². The molecule has 1 fully saturated rings. The van der Waals surface area contributed by atoms with Crippen LogP contribution in [0.2, 0.25) is 0 Å². The number of hydrogen-bond acceptors (Lipinski definition) is 5. The highest BCUT2D eigenvalue weighted by Crippen LogP contribution is 2.32. The molecule has 1 saturated heterocycles. The number of halogens is 1. The summed E-state index contributed by atoms with van der Waals surface area (Å²) in [6, 6.07) is 12.8. The summed E-state index contributed by atoms with van der Waals surface area (Å²) in [5.41, 5.74) is 2.99. The van der Waals surface area contributed by atoms with E-state index in [-0.39, 0.29) is 23.7 Å². The lowest BCUT2D eigenvalue weighted by Gasteiger charge is -2.24. The van der Waals surface area contributed by atoms with Crippen LogP contribution in [0.5, 0.6) is 0 Å². The maximum Gasteiger partial charge on any atom is 0.259 e. The van der Waals surface area contributed by atoms with E-state index in [1.165, 1.54) is 30.5 Å². The maximum atomic E-state index is 13.2. The van der Waals surface area contributed by atoms with Gasteiger partial charge in [0.15, 0.2) is 5.82 Å². The normalized spacial score (nSPS) is 15.4. The second kappa shape index (κ2) is 9.36. The largest absolute Gasteiger partial charge is 0.378 e. The highest BCUT2D eigenvalue weighted by atomic mass is 19.1. The molecule has 2 aromatic carbocycles. The highest BCUT2D eigenvalue weighted by molar-refractivity contribution is 6.04. The number of anilines is 2. The summed E-state index contributed by atoms with van der Waals surface area (Å²) in [5.74, 6) is -0.268. The van der Waals surface area contributed by atoms with E-state index in [0.717, 1.165) is 18.5 Å². The third-order valence-electron chi connectivity index (χ3n) is 5.79. The van der Waals surface area contributed by atoms with Gasteiger partial charge in [-0.05, 0) is 68.3 Å². The molecule has 8 heteroatoms. The molecule has 0 radical (unpaired) electrons. The number of aryl methyl sites for hydroxylation is 1. The number of rotatable bonds is 5. The van der Waals surface area contributed by atoms with Crippen LogP contribution in [-0.2, 0) is 0 Å². The van der Waals surface area contributed by atoms with Gasteiger partial charge in [-0.2, -0.15) is 0 Å². The Morgan fingerprint density at radius 1 is 1.09 bits per heavy atom. The minimum Gasteiger partial charge on any atom is -0.378 e. The van der Waals surface area contributed by atoms with Gasteiger partial charge >= 0.3 is 0 Å². The third-order valence-corrected chi connectivity index (χ3v) is 5.79. The van der Waals surface area contributed by atoms with E-state index in [1.807, 2.05) is 43.3 Å². The van der Waals surface area contributed by atoms with Crippen LogP contribution in [0.25, 0.3) is 0 Å². The van der Waals surface area contributed by atoms with Crippen LogP contribution in [0.1, 0.15) is 51.1 Å². The number of nitrogens with zero attached hydrogens (tertiary/aromatic N) is 4. The number of carbonyl (C=O) groups is 2. The predicted octanol–water partition coefficient (Wildman–Crippen LogP) is 4.22. The molecule has 1 N–H and O–H groups in total. The minimum atomic E-state index is -0.374. The van der Waals surface area contributed by atoms with Crippen molar-refractivity contribution in [3.63, 3.8) is 0 Å². The Morgan fingerprint density at radius 2 is 1.79 bits per heavy atom. The Hall–Kier alpha value is -3.81. The number of benzene rings is 2. The van der Waals surface area contributed by atoms with Gasteiger partial charge in [-0.1, -0.05) is 0 Å². The molecular formula is C25H26FN5O2. The number of nitrogens with one attached hydrogen (secondary N) is 1. The first-order valence-electron chi connectivity index (χ1n) is 10.8. The summed E-state index contributed by atoms with van der Waals surface area (Å²) in [6.07, 6.45) is 3.12. The first kappa shape index (κ1) is 22.4. The van der Waals surface area contributed by atoms with Gasteiger partial charge in [-0.25, -0.2) is 14.4 Å². The van der Waals surface area contributed by atoms with Crippen molar-refractivity contribution in [3.05, 3.63) is 83.2 Å². The molecule has 2 amide bonds. The van der Waals surface area contributed by atoms with E-state index >= 15 is 0 Å². The monoisotopic (exact) mass is 447 g/mol. The van der Waals surface area contributed by atoms with Crippen LogP contribution >= 0.6 is 0 Å². The number of amides is 2. The third kappa shape index (κ3) is 4.84. The number of hydrogen-bond donors (Lipinski definition) is 1. The zero-order valence-corrected chi connectivity index (χ0v) is 18.9. The Labute approximate surface area is 192 Å². The van der Waals surface area contributed by atoms with Gasteiger partial charge in [0.25, 0.3) is 11.8 Å².